The molecule has 0 aliphatic heterocycles. The Hall–Kier alpha value is -1.33. The molecule has 0 aromatic carbocycles. The lowest BCUT2D eigenvalue weighted by Crippen LogP contribution is -2.13. The number of hydrogen-bond donors (Lipinski definition) is 2. The van der Waals surface area contributed by atoms with Crippen LogP contribution in [0.5, 0.6) is 0 Å². The van der Waals surface area contributed by atoms with Crippen LogP contribution in [0.4, 0.5) is 11.6 Å². The molecule has 1 unspecified atom stereocenters. The SMILES string of the molecule is CCNc1nc(CC)nc(NC(C)c2ccc(Cl)s2)c1C. The second kappa shape index (κ2) is 7.09. The second-order valence-electron chi connectivity index (χ2n) is 4.85. The molecule has 0 spiro atoms. The Kier molecular flexibility index (Phi) is 5.42. The third-order valence-electron chi connectivity index (χ3n) is 3.23. The monoisotopic (exact) mass is 324 g/mol. The van der Waals surface area contributed by atoms with Crippen molar-refractivity contribution in [1.29, 1.82) is 0 Å². The highest BCUT2D eigenvalue weighted by Gasteiger charge is 2.14. The van der Waals surface area contributed by atoms with E-state index >= 15 is 0 Å². The van der Waals surface area contributed by atoms with E-state index in [9.17, 15) is 0 Å². The van der Waals surface area contributed by atoms with Gasteiger partial charge in [-0.15, -0.1) is 11.3 Å². The summed E-state index contributed by atoms with van der Waals surface area (Å²) in [5, 5.41) is 6.77. The number of aromatic nitrogens is 2. The van der Waals surface area contributed by atoms with Gasteiger partial charge >= 0.3 is 0 Å². The van der Waals surface area contributed by atoms with Crippen molar-refractivity contribution < 1.29 is 0 Å². The second-order valence-corrected chi connectivity index (χ2v) is 6.60. The van der Waals surface area contributed by atoms with Gasteiger partial charge in [-0.25, -0.2) is 9.97 Å². The van der Waals surface area contributed by atoms with E-state index < -0.39 is 0 Å². The number of nitrogens with zero attached hydrogens (tertiary/aromatic N) is 2. The van der Waals surface area contributed by atoms with Crippen LogP contribution in [0.15, 0.2) is 12.1 Å². The highest BCUT2D eigenvalue weighted by atomic mass is 35.5. The first kappa shape index (κ1) is 16.0. The van der Waals surface area contributed by atoms with Crippen molar-refractivity contribution in [3.8, 4) is 0 Å². The fourth-order valence-corrected chi connectivity index (χ4v) is 3.10. The molecule has 21 heavy (non-hydrogen) atoms. The lowest BCUT2D eigenvalue weighted by Gasteiger charge is -2.18. The van der Waals surface area contributed by atoms with Crippen LogP contribution in [0.1, 0.15) is 43.1 Å². The van der Waals surface area contributed by atoms with Crippen LogP contribution in [0.2, 0.25) is 4.34 Å². The molecule has 0 bridgehead atoms. The summed E-state index contributed by atoms with van der Waals surface area (Å²) in [6, 6.07) is 4.14. The molecule has 6 heteroatoms. The van der Waals surface area contributed by atoms with Crippen LogP contribution in [-0.4, -0.2) is 16.5 Å². The average Bonchev–Trinajstić information content (AvgIpc) is 2.90. The number of nitrogens with one attached hydrogen (secondary N) is 2. The predicted octanol–water partition coefficient (Wildman–Crippen LogP) is 4.67. The van der Waals surface area contributed by atoms with E-state index in [1.807, 2.05) is 19.1 Å². The van der Waals surface area contributed by atoms with Gasteiger partial charge in [0.2, 0.25) is 0 Å². The van der Waals surface area contributed by atoms with E-state index in [1.165, 1.54) is 4.88 Å². The summed E-state index contributed by atoms with van der Waals surface area (Å²) in [7, 11) is 0. The van der Waals surface area contributed by atoms with Crippen molar-refractivity contribution in [2.75, 3.05) is 17.2 Å². The summed E-state index contributed by atoms with van der Waals surface area (Å²) >= 11 is 7.60. The molecule has 0 fully saturated rings. The molecule has 0 aliphatic carbocycles. The van der Waals surface area contributed by atoms with Crippen molar-refractivity contribution in [2.45, 2.75) is 40.2 Å². The molecule has 2 aromatic heterocycles. The zero-order chi connectivity index (χ0) is 15.4. The summed E-state index contributed by atoms with van der Waals surface area (Å²) in [5.41, 5.74) is 1.04. The van der Waals surface area contributed by atoms with Gasteiger partial charge in [-0.05, 0) is 32.9 Å². The van der Waals surface area contributed by atoms with Crippen molar-refractivity contribution in [2.24, 2.45) is 0 Å². The quantitative estimate of drug-likeness (QED) is 0.811. The average molecular weight is 325 g/mol. The number of hydrogen-bond acceptors (Lipinski definition) is 5. The molecule has 4 nitrogen and oxygen atoms in total. The molecule has 0 saturated carbocycles. The third kappa shape index (κ3) is 3.86. The van der Waals surface area contributed by atoms with Crippen LogP contribution in [-0.2, 0) is 6.42 Å². The number of aryl methyl sites for hydroxylation is 1. The first-order valence-corrected chi connectivity index (χ1v) is 8.37. The minimum absolute atomic E-state index is 0.162. The Morgan fingerprint density at radius 1 is 1.24 bits per heavy atom. The number of halogens is 1. The normalized spacial score (nSPS) is 12.2. The van der Waals surface area contributed by atoms with Crippen LogP contribution in [0.3, 0.4) is 0 Å². The Morgan fingerprint density at radius 2 is 1.95 bits per heavy atom. The van der Waals surface area contributed by atoms with Gasteiger partial charge in [0.15, 0.2) is 0 Å². The molecule has 2 aromatic rings. The van der Waals surface area contributed by atoms with Gasteiger partial charge in [0.25, 0.3) is 0 Å². The van der Waals surface area contributed by atoms with Crippen LogP contribution in [0.25, 0.3) is 0 Å². The maximum absolute atomic E-state index is 6.01. The summed E-state index contributed by atoms with van der Waals surface area (Å²) in [4.78, 5) is 10.4. The Balaban J connectivity index is 2.27. The molecule has 2 heterocycles. The highest BCUT2D eigenvalue weighted by molar-refractivity contribution is 7.16. The van der Waals surface area contributed by atoms with Gasteiger partial charge in [0.05, 0.1) is 10.4 Å². The standard InChI is InChI=1S/C15H21ClN4S/c1-5-13-19-14(17-6-2)9(3)15(20-13)18-10(4)11-7-8-12(16)21-11/h7-8,10H,5-6H2,1-4H3,(H2,17,18,19,20). The van der Waals surface area contributed by atoms with Gasteiger partial charge in [-0.1, -0.05) is 18.5 Å². The molecule has 0 saturated heterocycles. The van der Waals surface area contributed by atoms with Gasteiger partial charge in [-0.3, -0.25) is 0 Å². The van der Waals surface area contributed by atoms with E-state index in [4.69, 9.17) is 11.6 Å². The smallest absolute Gasteiger partial charge is 0.135 e. The van der Waals surface area contributed by atoms with Gasteiger partial charge in [0.1, 0.15) is 17.5 Å². The topological polar surface area (TPSA) is 49.8 Å². The Morgan fingerprint density at radius 3 is 2.52 bits per heavy atom. The first-order chi connectivity index (χ1) is 10.0. The van der Waals surface area contributed by atoms with Crippen LogP contribution in [0, 0.1) is 6.92 Å². The minimum atomic E-state index is 0.162. The predicted molar refractivity (Wildman–Crippen MR) is 91.7 cm³/mol. The minimum Gasteiger partial charge on any atom is -0.370 e. The van der Waals surface area contributed by atoms with Crippen molar-refractivity contribution in [3.05, 3.63) is 32.7 Å². The molecule has 2 rings (SSSR count). The summed E-state index contributed by atoms with van der Waals surface area (Å²) < 4.78 is 0.806. The number of anilines is 2. The van der Waals surface area contributed by atoms with Crippen molar-refractivity contribution >= 4 is 34.6 Å². The molecular weight excluding hydrogens is 304 g/mol. The van der Waals surface area contributed by atoms with E-state index in [0.29, 0.717) is 0 Å². The van der Waals surface area contributed by atoms with E-state index in [1.54, 1.807) is 11.3 Å². The number of thiophene rings is 1. The fraction of sp³-hybridized carbons (Fsp3) is 0.467. The molecule has 1 atom stereocenters. The molecular formula is C15H21ClN4S. The largest absolute Gasteiger partial charge is 0.370 e. The lowest BCUT2D eigenvalue weighted by molar-refractivity contribution is 0.865. The van der Waals surface area contributed by atoms with Crippen LogP contribution < -0.4 is 10.6 Å². The lowest BCUT2D eigenvalue weighted by atomic mass is 10.2. The molecule has 114 valence electrons. The zero-order valence-corrected chi connectivity index (χ0v) is 14.4. The fourth-order valence-electron chi connectivity index (χ4n) is 2.04. The molecule has 0 amide bonds. The van der Waals surface area contributed by atoms with Crippen molar-refractivity contribution in [3.63, 3.8) is 0 Å². The summed E-state index contributed by atoms with van der Waals surface area (Å²) in [6.07, 6.45) is 0.812. The van der Waals surface area contributed by atoms with E-state index in [2.05, 4.69) is 41.4 Å². The third-order valence-corrected chi connectivity index (χ3v) is 4.64. The molecule has 0 aliphatic rings. The summed E-state index contributed by atoms with van der Waals surface area (Å²) in [5.74, 6) is 2.63. The van der Waals surface area contributed by atoms with E-state index in [-0.39, 0.29) is 6.04 Å². The van der Waals surface area contributed by atoms with E-state index in [0.717, 1.165) is 40.3 Å². The zero-order valence-electron chi connectivity index (χ0n) is 12.8. The van der Waals surface area contributed by atoms with Gasteiger partial charge in [-0.2, -0.15) is 0 Å². The maximum atomic E-state index is 6.01. The van der Waals surface area contributed by atoms with Gasteiger partial charge in [0, 0.05) is 23.4 Å². The maximum Gasteiger partial charge on any atom is 0.135 e. The molecule has 2 N–H and O–H groups in total. The first-order valence-electron chi connectivity index (χ1n) is 7.18. The Bertz CT molecular complexity index is 612. The van der Waals surface area contributed by atoms with Crippen LogP contribution >= 0.6 is 22.9 Å². The van der Waals surface area contributed by atoms with Gasteiger partial charge < -0.3 is 10.6 Å². The number of rotatable bonds is 6. The summed E-state index contributed by atoms with van der Waals surface area (Å²) in [6.45, 7) is 9.12. The Labute approximate surface area is 135 Å². The van der Waals surface area contributed by atoms with Crippen molar-refractivity contribution in [1.82, 2.24) is 9.97 Å². The molecule has 0 radical (unpaired) electrons. The highest BCUT2D eigenvalue weighted by Crippen LogP contribution is 2.30.